The predicted octanol–water partition coefficient (Wildman–Crippen LogP) is 3.85. The number of hydrogen-bond donors (Lipinski definition) is 2. The molecule has 1 heterocycles. The highest BCUT2D eigenvalue weighted by Crippen LogP contribution is 2.10. The fourth-order valence-electron chi connectivity index (χ4n) is 3.47. The molecule has 0 atom stereocenters. The maximum absolute atomic E-state index is 5.68. The number of nitrogens with zero attached hydrogens (tertiary/aromatic N) is 2. The molecule has 1 aromatic carbocycles. The van der Waals surface area contributed by atoms with Crippen LogP contribution in [-0.2, 0) is 17.6 Å². The Kier molecular flexibility index (Phi) is 13.6. The van der Waals surface area contributed by atoms with Crippen LogP contribution in [0.2, 0.25) is 0 Å². The number of halogens is 1. The second-order valence-electron chi connectivity index (χ2n) is 7.86. The molecule has 0 bridgehead atoms. The summed E-state index contributed by atoms with van der Waals surface area (Å²) in [6, 6.07) is 9.41. The largest absolute Gasteiger partial charge is 0.377 e. The molecule has 1 fully saturated rings. The Morgan fingerprint density at radius 1 is 1.14 bits per heavy atom. The van der Waals surface area contributed by atoms with Crippen LogP contribution in [0.15, 0.2) is 29.3 Å². The zero-order valence-electron chi connectivity index (χ0n) is 18.7. The number of nitrogens with one attached hydrogen (secondary N) is 2. The van der Waals surface area contributed by atoms with Gasteiger partial charge in [0.2, 0.25) is 0 Å². The summed E-state index contributed by atoms with van der Waals surface area (Å²) in [5.74, 6) is 0.953. The fraction of sp³-hybridized carbons (Fsp3) is 0.696. The molecule has 1 aliphatic rings. The summed E-state index contributed by atoms with van der Waals surface area (Å²) in [5, 5.41) is 7.03. The minimum atomic E-state index is 0. The molecule has 1 saturated heterocycles. The number of likely N-dealkylation sites (tertiary alicyclic amines) is 1. The van der Waals surface area contributed by atoms with Gasteiger partial charge in [-0.05, 0) is 57.6 Å². The maximum Gasteiger partial charge on any atom is 0.191 e. The number of rotatable bonds is 10. The number of guanidine groups is 1. The average Bonchev–Trinajstić information content (AvgIpc) is 2.70. The predicted molar refractivity (Wildman–Crippen MR) is 135 cm³/mol. The molecule has 2 rings (SSSR count). The third-order valence-electron chi connectivity index (χ3n) is 5.23. The summed E-state index contributed by atoms with van der Waals surface area (Å²) in [6.07, 6.45) is 4.71. The van der Waals surface area contributed by atoms with E-state index in [4.69, 9.17) is 9.73 Å². The van der Waals surface area contributed by atoms with Gasteiger partial charge in [0, 0.05) is 38.8 Å². The SMILES string of the molecule is CCNC(=NCCc1ccc(CC)cc1)NC1CCN(CCOC(C)C)CC1.I. The Balaban J connectivity index is 0.00000420. The molecule has 0 radical (unpaired) electrons. The minimum absolute atomic E-state index is 0. The fourth-order valence-corrected chi connectivity index (χ4v) is 3.47. The monoisotopic (exact) mass is 516 g/mol. The first-order chi connectivity index (χ1) is 13.6. The summed E-state index contributed by atoms with van der Waals surface area (Å²) in [6.45, 7) is 14.3. The first kappa shape index (κ1) is 26.2. The molecule has 166 valence electrons. The molecule has 0 unspecified atom stereocenters. The van der Waals surface area contributed by atoms with E-state index < -0.39 is 0 Å². The van der Waals surface area contributed by atoms with E-state index in [0.717, 1.165) is 71.0 Å². The molecule has 6 heteroatoms. The van der Waals surface area contributed by atoms with Crippen LogP contribution in [0.1, 0.15) is 51.7 Å². The molecular weight excluding hydrogens is 475 g/mol. The first-order valence-corrected chi connectivity index (χ1v) is 11.1. The van der Waals surface area contributed by atoms with Crippen LogP contribution < -0.4 is 10.6 Å². The summed E-state index contributed by atoms with van der Waals surface area (Å²) >= 11 is 0. The van der Waals surface area contributed by atoms with E-state index in [1.807, 2.05) is 0 Å². The molecular formula is C23H41IN4O. The molecule has 5 nitrogen and oxygen atoms in total. The highest BCUT2D eigenvalue weighted by molar-refractivity contribution is 14.0. The van der Waals surface area contributed by atoms with Gasteiger partial charge in [-0.1, -0.05) is 31.2 Å². The van der Waals surface area contributed by atoms with Crippen LogP contribution in [0.5, 0.6) is 0 Å². The lowest BCUT2D eigenvalue weighted by atomic mass is 10.1. The average molecular weight is 517 g/mol. The normalized spacial score (nSPS) is 16.0. The van der Waals surface area contributed by atoms with Crippen molar-refractivity contribution in [2.45, 2.75) is 65.5 Å². The smallest absolute Gasteiger partial charge is 0.191 e. The molecule has 0 saturated carbocycles. The number of benzene rings is 1. The molecule has 0 spiro atoms. The van der Waals surface area contributed by atoms with Gasteiger partial charge in [-0.15, -0.1) is 24.0 Å². The highest BCUT2D eigenvalue weighted by Gasteiger charge is 2.19. The lowest BCUT2D eigenvalue weighted by Gasteiger charge is -2.33. The van der Waals surface area contributed by atoms with Gasteiger partial charge in [0.1, 0.15) is 0 Å². The number of aliphatic imine (C=N–C) groups is 1. The Bertz CT molecular complexity index is 569. The van der Waals surface area contributed by atoms with Gasteiger partial charge in [0.25, 0.3) is 0 Å². The van der Waals surface area contributed by atoms with E-state index in [1.165, 1.54) is 11.1 Å². The number of hydrogen-bond acceptors (Lipinski definition) is 3. The van der Waals surface area contributed by atoms with Crippen molar-refractivity contribution in [3.05, 3.63) is 35.4 Å². The third-order valence-corrected chi connectivity index (χ3v) is 5.23. The quantitative estimate of drug-likeness (QED) is 0.282. The van der Waals surface area contributed by atoms with Crippen LogP contribution in [-0.4, -0.2) is 62.3 Å². The van der Waals surface area contributed by atoms with Crippen molar-refractivity contribution >= 4 is 29.9 Å². The molecule has 0 aliphatic carbocycles. The Morgan fingerprint density at radius 3 is 2.38 bits per heavy atom. The van der Waals surface area contributed by atoms with Gasteiger partial charge in [0.15, 0.2) is 5.96 Å². The van der Waals surface area contributed by atoms with Crippen molar-refractivity contribution in [1.29, 1.82) is 0 Å². The zero-order valence-corrected chi connectivity index (χ0v) is 21.1. The van der Waals surface area contributed by atoms with Gasteiger partial charge in [-0.3, -0.25) is 4.99 Å². The van der Waals surface area contributed by atoms with Crippen molar-refractivity contribution in [1.82, 2.24) is 15.5 Å². The highest BCUT2D eigenvalue weighted by atomic mass is 127. The van der Waals surface area contributed by atoms with Gasteiger partial charge in [-0.25, -0.2) is 0 Å². The van der Waals surface area contributed by atoms with E-state index in [9.17, 15) is 0 Å². The molecule has 29 heavy (non-hydrogen) atoms. The zero-order chi connectivity index (χ0) is 20.2. The van der Waals surface area contributed by atoms with E-state index in [2.05, 4.69) is 67.5 Å². The maximum atomic E-state index is 5.68. The lowest BCUT2D eigenvalue weighted by molar-refractivity contribution is 0.0532. The Labute approximate surface area is 195 Å². The Hall–Kier alpha value is -0.860. The standard InChI is InChI=1S/C23H40N4O.HI/c1-5-20-7-9-21(10-8-20)11-14-25-23(24-6-2)26-22-12-15-27(16-13-22)17-18-28-19(3)4;/h7-10,19,22H,5-6,11-18H2,1-4H3,(H2,24,25,26);1H. The second-order valence-corrected chi connectivity index (χ2v) is 7.86. The second kappa shape index (κ2) is 15.0. The number of ether oxygens (including phenoxy) is 1. The topological polar surface area (TPSA) is 48.9 Å². The van der Waals surface area contributed by atoms with Crippen molar-refractivity contribution in [2.24, 2.45) is 4.99 Å². The lowest BCUT2D eigenvalue weighted by Crippen LogP contribution is -2.49. The summed E-state index contributed by atoms with van der Waals surface area (Å²) in [5.41, 5.74) is 2.75. The number of piperidine rings is 1. The van der Waals surface area contributed by atoms with Crippen LogP contribution in [0.3, 0.4) is 0 Å². The molecule has 2 N–H and O–H groups in total. The van der Waals surface area contributed by atoms with Crippen LogP contribution in [0.25, 0.3) is 0 Å². The van der Waals surface area contributed by atoms with E-state index in [-0.39, 0.29) is 24.0 Å². The van der Waals surface area contributed by atoms with E-state index in [0.29, 0.717) is 12.1 Å². The van der Waals surface area contributed by atoms with Crippen molar-refractivity contribution < 1.29 is 4.74 Å². The molecule has 1 aliphatic heterocycles. The van der Waals surface area contributed by atoms with Gasteiger partial charge < -0.3 is 20.3 Å². The summed E-state index contributed by atoms with van der Waals surface area (Å²) < 4.78 is 5.68. The number of aryl methyl sites for hydroxylation is 1. The van der Waals surface area contributed by atoms with Crippen molar-refractivity contribution in [3.8, 4) is 0 Å². The first-order valence-electron chi connectivity index (χ1n) is 11.1. The summed E-state index contributed by atoms with van der Waals surface area (Å²) in [7, 11) is 0. The van der Waals surface area contributed by atoms with Gasteiger partial charge >= 0.3 is 0 Å². The molecule has 0 aromatic heterocycles. The van der Waals surface area contributed by atoms with Crippen molar-refractivity contribution in [2.75, 3.05) is 39.3 Å². The third kappa shape index (κ3) is 10.6. The van der Waals surface area contributed by atoms with Gasteiger partial charge in [-0.2, -0.15) is 0 Å². The van der Waals surface area contributed by atoms with Crippen LogP contribution >= 0.6 is 24.0 Å². The Morgan fingerprint density at radius 2 is 1.79 bits per heavy atom. The van der Waals surface area contributed by atoms with Crippen LogP contribution in [0, 0.1) is 0 Å². The minimum Gasteiger partial charge on any atom is -0.377 e. The molecule has 0 amide bonds. The van der Waals surface area contributed by atoms with Gasteiger partial charge in [0.05, 0.1) is 12.7 Å². The van der Waals surface area contributed by atoms with Crippen LogP contribution in [0.4, 0.5) is 0 Å². The summed E-state index contributed by atoms with van der Waals surface area (Å²) in [4.78, 5) is 7.30. The molecule has 1 aromatic rings. The van der Waals surface area contributed by atoms with Crippen molar-refractivity contribution in [3.63, 3.8) is 0 Å². The van der Waals surface area contributed by atoms with E-state index in [1.54, 1.807) is 0 Å². The van der Waals surface area contributed by atoms with E-state index >= 15 is 0 Å².